The Labute approximate surface area is 140 Å². The summed E-state index contributed by atoms with van der Waals surface area (Å²) >= 11 is 6.23. The van der Waals surface area contributed by atoms with Crippen LogP contribution in [0.1, 0.15) is 34.5 Å². The first-order valence-electron chi connectivity index (χ1n) is 7.47. The molecule has 0 saturated heterocycles. The van der Waals surface area contributed by atoms with Gasteiger partial charge in [-0.25, -0.2) is 0 Å². The van der Waals surface area contributed by atoms with E-state index in [1.165, 1.54) is 0 Å². The van der Waals surface area contributed by atoms with Crippen molar-refractivity contribution < 1.29 is 4.79 Å². The number of amides is 1. The number of aromatic nitrogens is 1. The highest BCUT2D eigenvalue weighted by atomic mass is 35.5. The largest absolute Gasteiger partial charge is 0.345 e. The lowest BCUT2D eigenvalue weighted by Gasteiger charge is -2.17. The minimum absolute atomic E-state index is 0.0883. The van der Waals surface area contributed by atoms with Crippen LogP contribution >= 0.6 is 11.6 Å². The Morgan fingerprint density at radius 3 is 2.70 bits per heavy atom. The highest BCUT2D eigenvalue weighted by molar-refractivity contribution is 6.35. The Kier molecular flexibility index (Phi) is 4.30. The molecule has 3 nitrogen and oxygen atoms in total. The van der Waals surface area contributed by atoms with Crippen LogP contribution in [-0.2, 0) is 0 Å². The van der Waals surface area contributed by atoms with Gasteiger partial charge in [0.15, 0.2) is 0 Å². The molecule has 1 amide bonds. The minimum Gasteiger partial charge on any atom is -0.345 e. The molecule has 3 rings (SSSR count). The molecular formula is C19H17ClN2O. The molecule has 1 heterocycles. The van der Waals surface area contributed by atoms with Gasteiger partial charge in [0.25, 0.3) is 5.91 Å². The maximum absolute atomic E-state index is 12.5. The molecule has 0 bridgehead atoms. The number of pyridine rings is 1. The number of nitrogens with one attached hydrogen (secondary N) is 1. The molecular weight excluding hydrogens is 308 g/mol. The molecule has 0 saturated carbocycles. The van der Waals surface area contributed by atoms with Crippen molar-refractivity contribution in [2.45, 2.75) is 19.9 Å². The number of rotatable bonds is 3. The molecule has 0 aliphatic heterocycles. The molecule has 0 unspecified atom stereocenters. The molecule has 2 aromatic carbocycles. The van der Waals surface area contributed by atoms with Crippen molar-refractivity contribution in [3.63, 3.8) is 0 Å². The molecule has 1 aromatic heterocycles. The summed E-state index contributed by atoms with van der Waals surface area (Å²) in [4.78, 5) is 16.9. The molecule has 0 fully saturated rings. The number of hydrogen-bond donors (Lipinski definition) is 1. The SMILES string of the molecule is Cc1ccccc1C(=O)N[C@@H](C)c1cccc2c(Cl)ccnc12. The zero-order valence-electron chi connectivity index (χ0n) is 13.0. The molecule has 1 N–H and O–H groups in total. The van der Waals surface area contributed by atoms with E-state index < -0.39 is 0 Å². The molecule has 0 aliphatic carbocycles. The zero-order chi connectivity index (χ0) is 16.4. The third-order valence-corrected chi connectivity index (χ3v) is 4.28. The third kappa shape index (κ3) is 3.06. The van der Waals surface area contributed by atoms with E-state index in [0.717, 1.165) is 22.0 Å². The highest BCUT2D eigenvalue weighted by Gasteiger charge is 2.16. The number of hydrogen-bond acceptors (Lipinski definition) is 2. The maximum Gasteiger partial charge on any atom is 0.252 e. The highest BCUT2D eigenvalue weighted by Crippen LogP contribution is 2.27. The molecule has 1 atom stereocenters. The second kappa shape index (κ2) is 6.39. The molecule has 3 aromatic rings. The molecule has 0 aliphatic rings. The Morgan fingerprint density at radius 1 is 1.13 bits per heavy atom. The summed E-state index contributed by atoms with van der Waals surface area (Å²) in [6, 6.07) is 15.0. The molecule has 4 heteroatoms. The third-order valence-electron chi connectivity index (χ3n) is 3.95. The fraction of sp³-hybridized carbons (Fsp3) is 0.158. The van der Waals surface area contributed by atoms with Gasteiger partial charge in [-0.05, 0) is 31.5 Å². The fourth-order valence-corrected chi connectivity index (χ4v) is 2.90. The van der Waals surface area contributed by atoms with Crippen molar-refractivity contribution in [1.82, 2.24) is 10.3 Å². The summed E-state index contributed by atoms with van der Waals surface area (Å²) in [6.07, 6.45) is 1.68. The number of nitrogens with zero attached hydrogens (tertiary/aromatic N) is 1. The fourth-order valence-electron chi connectivity index (χ4n) is 2.69. The number of carbonyl (C=O) groups excluding carboxylic acids is 1. The van der Waals surface area contributed by atoms with Gasteiger partial charge in [-0.1, -0.05) is 48.0 Å². The summed E-state index contributed by atoms with van der Waals surface area (Å²) in [6.45, 7) is 3.88. The van der Waals surface area contributed by atoms with Gasteiger partial charge >= 0.3 is 0 Å². The average Bonchev–Trinajstić information content (AvgIpc) is 2.55. The normalized spacial score (nSPS) is 12.1. The quantitative estimate of drug-likeness (QED) is 0.759. The molecule has 0 spiro atoms. The van der Waals surface area contributed by atoms with Crippen LogP contribution in [0.4, 0.5) is 0 Å². The average molecular weight is 325 g/mol. The van der Waals surface area contributed by atoms with Crippen LogP contribution in [-0.4, -0.2) is 10.9 Å². The van der Waals surface area contributed by atoms with Crippen molar-refractivity contribution in [3.8, 4) is 0 Å². The zero-order valence-corrected chi connectivity index (χ0v) is 13.8. The monoisotopic (exact) mass is 324 g/mol. The molecule has 0 radical (unpaired) electrons. The van der Waals surface area contributed by atoms with Crippen molar-refractivity contribution in [2.75, 3.05) is 0 Å². The topological polar surface area (TPSA) is 42.0 Å². The van der Waals surface area contributed by atoms with Crippen molar-refractivity contribution in [3.05, 3.63) is 76.4 Å². The van der Waals surface area contributed by atoms with Gasteiger partial charge in [-0.3, -0.25) is 9.78 Å². The van der Waals surface area contributed by atoms with Gasteiger partial charge < -0.3 is 5.32 Å². The number of aryl methyl sites for hydroxylation is 1. The van der Waals surface area contributed by atoms with Crippen LogP contribution in [0, 0.1) is 6.92 Å². The van der Waals surface area contributed by atoms with E-state index in [1.54, 1.807) is 12.3 Å². The molecule has 23 heavy (non-hydrogen) atoms. The molecule has 116 valence electrons. The van der Waals surface area contributed by atoms with Crippen molar-refractivity contribution >= 4 is 28.4 Å². The standard InChI is InChI=1S/C19H17ClN2O/c1-12-6-3-4-7-14(12)19(23)22-13(2)15-8-5-9-16-17(20)10-11-21-18(15)16/h3-11,13H,1-2H3,(H,22,23)/t13-/m0/s1. The lowest BCUT2D eigenvalue weighted by molar-refractivity contribution is 0.0939. The van der Waals surface area contributed by atoms with E-state index in [-0.39, 0.29) is 11.9 Å². The lowest BCUT2D eigenvalue weighted by Crippen LogP contribution is -2.27. The Balaban J connectivity index is 1.93. The second-order valence-corrected chi connectivity index (χ2v) is 5.95. The van der Waals surface area contributed by atoms with Gasteiger partial charge in [0.2, 0.25) is 0 Å². The van der Waals surface area contributed by atoms with Gasteiger partial charge in [0, 0.05) is 22.7 Å². The van der Waals surface area contributed by atoms with Crippen LogP contribution in [0.3, 0.4) is 0 Å². The smallest absolute Gasteiger partial charge is 0.252 e. The summed E-state index contributed by atoms with van der Waals surface area (Å²) in [5, 5.41) is 4.60. The van der Waals surface area contributed by atoms with Crippen LogP contribution in [0.25, 0.3) is 10.9 Å². The lowest BCUT2D eigenvalue weighted by atomic mass is 10.0. The van der Waals surface area contributed by atoms with Crippen molar-refractivity contribution in [1.29, 1.82) is 0 Å². The first-order chi connectivity index (χ1) is 11.1. The van der Waals surface area contributed by atoms with Crippen LogP contribution in [0.5, 0.6) is 0 Å². The van der Waals surface area contributed by atoms with Gasteiger partial charge in [0.1, 0.15) is 0 Å². The van der Waals surface area contributed by atoms with Crippen LogP contribution in [0.15, 0.2) is 54.7 Å². The first-order valence-corrected chi connectivity index (χ1v) is 7.85. The van der Waals surface area contributed by atoms with E-state index in [1.807, 2.05) is 56.3 Å². The van der Waals surface area contributed by atoms with Gasteiger partial charge in [0.05, 0.1) is 16.6 Å². The Morgan fingerprint density at radius 2 is 1.91 bits per heavy atom. The Bertz CT molecular complexity index is 876. The second-order valence-electron chi connectivity index (χ2n) is 5.55. The van der Waals surface area contributed by atoms with Crippen LogP contribution in [0.2, 0.25) is 5.02 Å². The minimum atomic E-state index is -0.170. The predicted octanol–water partition coefficient (Wildman–Crippen LogP) is 4.69. The maximum atomic E-state index is 12.5. The van der Waals surface area contributed by atoms with E-state index >= 15 is 0 Å². The van der Waals surface area contributed by atoms with E-state index in [2.05, 4.69) is 10.3 Å². The van der Waals surface area contributed by atoms with Crippen LogP contribution < -0.4 is 5.32 Å². The summed E-state index contributed by atoms with van der Waals surface area (Å²) in [5.41, 5.74) is 3.41. The van der Waals surface area contributed by atoms with Gasteiger partial charge in [-0.15, -0.1) is 0 Å². The van der Waals surface area contributed by atoms with E-state index in [9.17, 15) is 4.79 Å². The number of carbonyl (C=O) groups is 1. The van der Waals surface area contributed by atoms with E-state index in [4.69, 9.17) is 11.6 Å². The first kappa shape index (κ1) is 15.5. The Hall–Kier alpha value is -2.39. The number of halogens is 1. The van der Waals surface area contributed by atoms with E-state index in [0.29, 0.717) is 10.6 Å². The number of fused-ring (bicyclic) bond motifs is 1. The number of para-hydroxylation sites is 1. The number of benzene rings is 2. The summed E-state index contributed by atoms with van der Waals surface area (Å²) in [5.74, 6) is -0.0883. The predicted molar refractivity (Wildman–Crippen MR) is 93.8 cm³/mol. The summed E-state index contributed by atoms with van der Waals surface area (Å²) in [7, 11) is 0. The summed E-state index contributed by atoms with van der Waals surface area (Å²) < 4.78 is 0. The van der Waals surface area contributed by atoms with Gasteiger partial charge in [-0.2, -0.15) is 0 Å². The van der Waals surface area contributed by atoms with Crippen molar-refractivity contribution in [2.24, 2.45) is 0 Å².